The zero-order valence-electron chi connectivity index (χ0n) is 25.7. The molecule has 0 radical (unpaired) electrons. The lowest BCUT2D eigenvalue weighted by Gasteiger charge is -2.34. The number of benzene rings is 1. The fraction of sp³-hybridized carbons (Fsp3) is 0.438. The van der Waals surface area contributed by atoms with Crippen molar-refractivity contribution in [1.82, 2.24) is 39.6 Å². The normalized spacial score (nSPS) is 17.7. The summed E-state index contributed by atoms with van der Waals surface area (Å²) in [5, 5.41) is 0. The van der Waals surface area contributed by atoms with E-state index in [-0.39, 0.29) is 53.9 Å². The van der Waals surface area contributed by atoms with Crippen LogP contribution in [-0.2, 0) is 30.5 Å². The summed E-state index contributed by atoms with van der Waals surface area (Å²) in [6.07, 6.45) is -0.0267. The van der Waals surface area contributed by atoms with E-state index in [1.54, 1.807) is 23.2 Å². The number of halogens is 3. The molecule has 46 heavy (non-hydrogen) atoms. The van der Waals surface area contributed by atoms with Crippen LogP contribution < -0.4 is 10.3 Å². The Labute approximate surface area is 263 Å². The molecule has 3 aromatic heterocycles. The van der Waals surface area contributed by atoms with Gasteiger partial charge in [0.15, 0.2) is 11.2 Å². The van der Waals surface area contributed by atoms with Crippen molar-refractivity contribution in [3.05, 3.63) is 81.3 Å². The lowest BCUT2D eigenvalue weighted by atomic mass is 9.92. The van der Waals surface area contributed by atoms with E-state index in [2.05, 4.69) is 36.7 Å². The van der Waals surface area contributed by atoms with Gasteiger partial charge in [-0.2, -0.15) is 18.2 Å². The summed E-state index contributed by atoms with van der Waals surface area (Å²) in [5.74, 6) is 0.180. The van der Waals surface area contributed by atoms with E-state index in [0.717, 1.165) is 62.7 Å². The highest BCUT2D eigenvalue weighted by Crippen LogP contribution is 2.35. The van der Waals surface area contributed by atoms with E-state index in [1.807, 2.05) is 11.8 Å². The third-order valence-electron chi connectivity index (χ3n) is 8.71. The zero-order chi connectivity index (χ0) is 32.4. The number of nitrogens with zero attached hydrogens (tertiary/aromatic N) is 7. The predicted molar refractivity (Wildman–Crippen MR) is 163 cm³/mol. The van der Waals surface area contributed by atoms with Crippen LogP contribution in [0.3, 0.4) is 0 Å². The van der Waals surface area contributed by atoms with Crippen molar-refractivity contribution in [2.24, 2.45) is 0 Å². The average Bonchev–Trinajstić information content (AvgIpc) is 3.04. The minimum atomic E-state index is -4.53. The molecule has 1 N–H and O–H groups in total. The van der Waals surface area contributed by atoms with Gasteiger partial charge in [-0.15, -0.1) is 0 Å². The smallest absolute Gasteiger partial charge is 0.416 e. The van der Waals surface area contributed by atoms with Gasteiger partial charge in [-0.1, -0.05) is 26.0 Å². The number of nitrogens with one attached hydrogen (secondary N) is 1. The van der Waals surface area contributed by atoms with Crippen LogP contribution in [0.5, 0.6) is 11.6 Å². The van der Waals surface area contributed by atoms with Gasteiger partial charge in [0.2, 0.25) is 5.91 Å². The van der Waals surface area contributed by atoms with Gasteiger partial charge in [0.25, 0.3) is 11.4 Å². The first-order valence-corrected chi connectivity index (χ1v) is 15.4. The molecule has 4 aromatic rings. The van der Waals surface area contributed by atoms with Crippen molar-refractivity contribution in [2.45, 2.75) is 51.9 Å². The molecule has 1 unspecified atom stereocenters. The Bertz CT molecular complexity index is 1790. The first kappa shape index (κ1) is 31.5. The molecule has 2 aliphatic heterocycles. The first-order chi connectivity index (χ1) is 22.1. The Hall–Kier alpha value is -4.43. The average molecular weight is 637 g/mol. The maximum atomic E-state index is 14.2. The van der Waals surface area contributed by atoms with Crippen LogP contribution in [0.25, 0.3) is 11.2 Å². The number of ether oxygens (including phenoxy) is 1. The summed E-state index contributed by atoms with van der Waals surface area (Å²) in [6.45, 7) is 8.99. The monoisotopic (exact) mass is 636 g/mol. The van der Waals surface area contributed by atoms with Gasteiger partial charge in [0.05, 0.1) is 30.1 Å². The molecule has 5 heterocycles. The summed E-state index contributed by atoms with van der Waals surface area (Å²) in [4.78, 5) is 50.6. The number of fused-ring (bicyclic) bond motifs is 2. The van der Waals surface area contributed by atoms with Gasteiger partial charge in [0.1, 0.15) is 12.1 Å². The molecule has 0 saturated carbocycles. The van der Waals surface area contributed by atoms with Crippen LogP contribution in [0.2, 0.25) is 0 Å². The van der Waals surface area contributed by atoms with Crippen molar-refractivity contribution in [1.29, 1.82) is 0 Å². The third-order valence-corrected chi connectivity index (χ3v) is 8.71. The molecule has 1 amide bonds. The summed E-state index contributed by atoms with van der Waals surface area (Å²) in [5.41, 5.74) is 1.57. The van der Waals surface area contributed by atoms with Crippen LogP contribution >= 0.6 is 0 Å². The van der Waals surface area contributed by atoms with Gasteiger partial charge >= 0.3 is 6.18 Å². The maximum Gasteiger partial charge on any atom is 0.416 e. The van der Waals surface area contributed by atoms with E-state index >= 15 is 0 Å². The molecule has 0 bridgehead atoms. The highest BCUT2D eigenvalue weighted by Gasteiger charge is 2.35. The number of hydrogen-bond acceptors (Lipinski definition) is 9. The fourth-order valence-corrected chi connectivity index (χ4v) is 6.14. The van der Waals surface area contributed by atoms with Crippen LogP contribution in [0.1, 0.15) is 54.1 Å². The van der Waals surface area contributed by atoms with Gasteiger partial charge in [-0.05, 0) is 41.8 Å². The molecule has 1 aromatic carbocycles. The second kappa shape index (κ2) is 13.1. The number of aromatic amines is 1. The Balaban J connectivity index is 1.18. The molecule has 1 atom stereocenters. The van der Waals surface area contributed by atoms with Crippen LogP contribution in [0, 0.1) is 0 Å². The van der Waals surface area contributed by atoms with Crippen molar-refractivity contribution in [3.8, 4) is 11.6 Å². The topological polar surface area (TPSA) is 120 Å². The number of aromatic nitrogens is 5. The zero-order valence-corrected chi connectivity index (χ0v) is 25.7. The molecule has 0 spiro atoms. The largest absolute Gasteiger partial charge is 0.435 e. The fourth-order valence-electron chi connectivity index (χ4n) is 6.14. The second-order valence-corrected chi connectivity index (χ2v) is 11.7. The van der Waals surface area contributed by atoms with Crippen LogP contribution in [-0.4, -0.2) is 84.8 Å². The van der Waals surface area contributed by atoms with Gasteiger partial charge in [-0.3, -0.25) is 19.5 Å². The summed E-state index contributed by atoms with van der Waals surface area (Å²) in [7, 11) is 0. The molecule has 14 heteroatoms. The molecule has 242 valence electrons. The van der Waals surface area contributed by atoms with Crippen molar-refractivity contribution in [2.75, 3.05) is 39.3 Å². The Morgan fingerprint density at radius 3 is 2.54 bits per heavy atom. The molecular formula is C32H35F3N8O3. The van der Waals surface area contributed by atoms with E-state index in [9.17, 15) is 22.8 Å². The Morgan fingerprint density at radius 2 is 1.80 bits per heavy atom. The molecule has 0 aliphatic carbocycles. The summed E-state index contributed by atoms with van der Waals surface area (Å²) < 4.78 is 48.5. The van der Waals surface area contributed by atoms with Crippen molar-refractivity contribution >= 4 is 17.1 Å². The second-order valence-electron chi connectivity index (χ2n) is 11.7. The number of rotatable bonds is 8. The van der Waals surface area contributed by atoms with E-state index in [4.69, 9.17) is 4.74 Å². The van der Waals surface area contributed by atoms with Crippen molar-refractivity contribution in [3.63, 3.8) is 0 Å². The van der Waals surface area contributed by atoms with E-state index in [0.29, 0.717) is 17.9 Å². The number of pyridine rings is 1. The summed E-state index contributed by atoms with van der Waals surface area (Å²) >= 11 is 0. The number of piperazine rings is 1. The Morgan fingerprint density at radius 1 is 1.02 bits per heavy atom. The number of amides is 1. The van der Waals surface area contributed by atoms with Gasteiger partial charge in [0, 0.05) is 51.7 Å². The molecule has 2 aliphatic rings. The molecule has 1 fully saturated rings. The molecular weight excluding hydrogens is 601 g/mol. The summed E-state index contributed by atoms with van der Waals surface area (Å²) in [6, 6.07) is 6.07. The van der Waals surface area contributed by atoms with Crippen LogP contribution in [0.4, 0.5) is 13.2 Å². The van der Waals surface area contributed by atoms with Crippen molar-refractivity contribution < 1.29 is 22.7 Å². The number of hydrogen-bond donors (Lipinski definition) is 1. The van der Waals surface area contributed by atoms with Gasteiger partial charge < -0.3 is 19.5 Å². The number of alkyl halides is 3. The molecule has 1 saturated heterocycles. The molecule has 6 rings (SSSR count). The SMILES string of the molecule is CCC1CN(C(=O)Cc2ccc(CN3CCN(CC)CC3)c(C(F)(F)F)c2)Cc2cc(Oc3ncnc4[nH]c(=O)cnc34)cnc21. The number of carbonyl (C=O) groups is 1. The lowest BCUT2D eigenvalue weighted by Crippen LogP contribution is -2.45. The Kier molecular flexibility index (Phi) is 9.00. The van der Waals surface area contributed by atoms with Gasteiger partial charge in [-0.25, -0.2) is 9.97 Å². The highest BCUT2D eigenvalue weighted by atomic mass is 19.4. The van der Waals surface area contributed by atoms with E-state index in [1.165, 1.54) is 12.4 Å². The highest BCUT2D eigenvalue weighted by molar-refractivity contribution is 5.79. The number of carbonyl (C=O) groups excluding carboxylic acids is 1. The lowest BCUT2D eigenvalue weighted by molar-refractivity contribution is -0.139. The maximum absolute atomic E-state index is 14.2. The first-order valence-electron chi connectivity index (χ1n) is 15.4. The molecule has 11 nitrogen and oxygen atoms in total. The number of likely N-dealkylation sites (N-methyl/N-ethyl adjacent to an activating group) is 1. The van der Waals surface area contributed by atoms with E-state index < -0.39 is 17.3 Å². The quantitative estimate of drug-likeness (QED) is 0.304. The standard InChI is InChI=1S/C32H35F3N8O3/c1-3-21-17-43(18-23-13-24(14-36-28(21)23)46-31-29-30(38-19-39-31)40-26(44)15-37-29)27(45)12-20-5-6-22(25(11-20)32(33,34)35)16-42-9-7-41(4-2)8-10-42/h5-6,11,13-15,19,21H,3-4,7-10,12,16-18H2,1-2H3,(H,38,39,40,44). The minimum Gasteiger partial charge on any atom is -0.435 e. The van der Waals surface area contributed by atoms with Crippen LogP contribution in [0.15, 0.2) is 47.8 Å². The number of H-pyrrole nitrogens is 1. The minimum absolute atomic E-state index is 0.0466. The predicted octanol–water partition coefficient (Wildman–Crippen LogP) is 4.14. The third kappa shape index (κ3) is 6.87.